The lowest BCUT2D eigenvalue weighted by Gasteiger charge is -2.26. The van der Waals surface area contributed by atoms with E-state index in [0.717, 1.165) is 0 Å². The molecule has 8 nitrogen and oxygen atoms in total. The van der Waals surface area contributed by atoms with Crippen LogP contribution in [0.4, 0.5) is 0 Å². The van der Waals surface area contributed by atoms with Crippen LogP contribution in [-0.4, -0.2) is 44.9 Å². The molecule has 0 spiro atoms. The van der Waals surface area contributed by atoms with Crippen LogP contribution in [0.3, 0.4) is 0 Å². The van der Waals surface area contributed by atoms with E-state index < -0.39 is 22.8 Å². The van der Waals surface area contributed by atoms with Gasteiger partial charge in [-0.2, -0.15) is 0 Å². The first-order chi connectivity index (χ1) is 17.8. The first kappa shape index (κ1) is 29.2. The summed E-state index contributed by atoms with van der Waals surface area (Å²) in [5, 5.41) is 19.9. The Labute approximate surface area is 223 Å². The van der Waals surface area contributed by atoms with Crippen LogP contribution in [0.25, 0.3) is 0 Å². The Morgan fingerprint density at radius 3 is 1.34 bits per heavy atom. The topological polar surface area (TPSA) is 127 Å². The zero-order valence-electron chi connectivity index (χ0n) is 22.4. The summed E-state index contributed by atoms with van der Waals surface area (Å²) in [4.78, 5) is 49.8. The van der Waals surface area contributed by atoms with Crippen molar-refractivity contribution in [3.8, 4) is 0 Å². The number of benzene rings is 2. The SMILES string of the molecule is CC(C)(O)C(=O)c1cccc(COC(=O)C2CCC(C(=O)OCc3cccc(C(=O)C(C)(C)O)c3)CC2)c1. The number of ketones is 2. The number of esters is 2. The van der Waals surface area contributed by atoms with Crippen molar-refractivity contribution in [2.45, 2.75) is 77.8 Å². The Bertz CT molecular complexity index is 1080. The lowest BCUT2D eigenvalue weighted by atomic mass is 9.82. The smallest absolute Gasteiger partial charge is 0.309 e. The second kappa shape index (κ2) is 12.0. The number of Topliss-reactive ketones (excluding diaryl/α,β-unsaturated/α-hetero) is 2. The Morgan fingerprint density at radius 2 is 1.03 bits per heavy atom. The highest BCUT2D eigenvalue weighted by Gasteiger charge is 2.32. The fourth-order valence-electron chi connectivity index (χ4n) is 4.42. The van der Waals surface area contributed by atoms with Gasteiger partial charge in [0, 0.05) is 11.1 Å². The number of hydrogen-bond donors (Lipinski definition) is 2. The van der Waals surface area contributed by atoms with Gasteiger partial charge in [-0.25, -0.2) is 0 Å². The summed E-state index contributed by atoms with van der Waals surface area (Å²) in [6.07, 6.45) is 2.02. The highest BCUT2D eigenvalue weighted by Crippen LogP contribution is 2.31. The van der Waals surface area contributed by atoms with E-state index >= 15 is 0 Å². The molecule has 0 unspecified atom stereocenters. The number of carbonyl (C=O) groups excluding carboxylic acids is 4. The van der Waals surface area contributed by atoms with Crippen molar-refractivity contribution in [3.63, 3.8) is 0 Å². The van der Waals surface area contributed by atoms with E-state index in [1.165, 1.54) is 27.7 Å². The van der Waals surface area contributed by atoms with Crippen molar-refractivity contribution in [3.05, 3.63) is 70.8 Å². The van der Waals surface area contributed by atoms with Crippen molar-refractivity contribution in [1.29, 1.82) is 0 Å². The average molecular weight is 525 g/mol. The molecule has 0 aromatic heterocycles. The van der Waals surface area contributed by atoms with Gasteiger partial charge in [-0.15, -0.1) is 0 Å². The quantitative estimate of drug-likeness (QED) is 0.350. The number of rotatable bonds is 10. The molecule has 0 atom stereocenters. The number of ether oxygens (including phenoxy) is 2. The van der Waals surface area contributed by atoms with Crippen molar-refractivity contribution in [2.75, 3.05) is 0 Å². The molecule has 8 heteroatoms. The largest absolute Gasteiger partial charge is 0.461 e. The minimum atomic E-state index is -1.49. The van der Waals surface area contributed by atoms with E-state index in [-0.39, 0.29) is 37.0 Å². The van der Waals surface area contributed by atoms with Gasteiger partial charge in [0.05, 0.1) is 11.8 Å². The molecule has 0 heterocycles. The summed E-state index contributed by atoms with van der Waals surface area (Å²) < 4.78 is 10.9. The number of hydrogen-bond acceptors (Lipinski definition) is 8. The summed E-state index contributed by atoms with van der Waals surface area (Å²) in [5.41, 5.74) is -0.982. The van der Waals surface area contributed by atoms with E-state index in [1.54, 1.807) is 48.5 Å². The monoisotopic (exact) mass is 524 g/mol. The molecule has 1 aliphatic carbocycles. The maximum atomic E-state index is 12.6. The highest BCUT2D eigenvalue weighted by molar-refractivity contribution is 6.02. The van der Waals surface area contributed by atoms with E-state index in [9.17, 15) is 29.4 Å². The maximum Gasteiger partial charge on any atom is 0.309 e. The molecular weight excluding hydrogens is 488 g/mol. The van der Waals surface area contributed by atoms with Gasteiger partial charge in [0.1, 0.15) is 24.4 Å². The minimum absolute atomic E-state index is 0.0167. The standard InChI is InChI=1S/C30H36O8/c1-29(2,35)25(31)23-9-5-7-19(15-23)17-37-27(33)21-11-13-22(14-12-21)28(34)38-18-20-8-6-10-24(16-20)26(32)30(3,4)36/h5-10,15-16,21-22,35-36H,11-14,17-18H2,1-4H3. The highest BCUT2D eigenvalue weighted by atomic mass is 16.5. The van der Waals surface area contributed by atoms with Crippen LogP contribution in [0, 0.1) is 11.8 Å². The van der Waals surface area contributed by atoms with E-state index in [0.29, 0.717) is 47.9 Å². The molecule has 0 saturated heterocycles. The van der Waals surface area contributed by atoms with Gasteiger partial charge in [0.25, 0.3) is 0 Å². The molecule has 2 aromatic carbocycles. The Balaban J connectivity index is 1.45. The molecule has 204 valence electrons. The Kier molecular flexibility index (Phi) is 9.22. The first-order valence-electron chi connectivity index (χ1n) is 12.8. The van der Waals surface area contributed by atoms with E-state index in [1.807, 2.05) is 0 Å². The maximum absolute atomic E-state index is 12.6. The lowest BCUT2D eigenvalue weighted by molar-refractivity contribution is -0.156. The third-order valence-electron chi connectivity index (χ3n) is 6.65. The Hall–Kier alpha value is -3.36. The van der Waals surface area contributed by atoms with Crippen LogP contribution >= 0.6 is 0 Å². The molecule has 1 saturated carbocycles. The van der Waals surface area contributed by atoms with Gasteiger partial charge >= 0.3 is 11.9 Å². The van der Waals surface area contributed by atoms with Gasteiger partial charge < -0.3 is 19.7 Å². The fourth-order valence-corrected chi connectivity index (χ4v) is 4.42. The minimum Gasteiger partial charge on any atom is -0.461 e. The molecule has 1 aliphatic rings. The van der Waals surface area contributed by atoms with Gasteiger partial charge in [-0.1, -0.05) is 36.4 Å². The van der Waals surface area contributed by atoms with Gasteiger partial charge in [0.2, 0.25) is 0 Å². The van der Waals surface area contributed by atoms with Crippen LogP contribution in [0.1, 0.15) is 85.2 Å². The van der Waals surface area contributed by atoms with Crippen molar-refractivity contribution < 1.29 is 38.9 Å². The molecule has 0 amide bonds. The second-order valence-electron chi connectivity index (χ2n) is 10.9. The molecule has 2 N–H and O–H groups in total. The third-order valence-corrected chi connectivity index (χ3v) is 6.65. The van der Waals surface area contributed by atoms with Crippen LogP contribution < -0.4 is 0 Å². The normalized spacial score (nSPS) is 17.9. The predicted octanol–water partition coefficient (Wildman–Crippen LogP) is 4.19. The zero-order chi connectivity index (χ0) is 28.1. The van der Waals surface area contributed by atoms with Crippen LogP contribution in [0.15, 0.2) is 48.5 Å². The molecule has 38 heavy (non-hydrogen) atoms. The fraction of sp³-hybridized carbons (Fsp3) is 0.467. The van der Waals surface area contributed by atoms with E-state index in [2.05, 4.69) is 0 Å². The molecule has 2 aromatic rings. The molecule has 3 rings (SSSR count). The number of aliphatic hydroxyl groups is 2. The summed E-state index contributed by atoms with van der Waals surface area (Å²) in [6.45, 7) is 5.73. The van der Waals surface area contributed by atoms with Crippen molar-refractivity contribution >= 4 is 23.5 Å². The molecule has 0 aliphatic heterocycles. The van der Waals surface area contributed by atoms with Crippen molar-refractivity contribution in [1.82, 2.24) is 0 Å². The average Bonchev–Trinajstić information content (AvgIpc) is 2.88. The Morgan fingerprint density at radius 1 is 0.684 bits per heavy atom. The third kappa shape index (κ3) is 7.82. The first-order valence-corrected chi connectivity index (χ1v) is 12.8. The second-order valence-corrected chi connectivity index (χ2v) is 10.9. The van der Waals surface area contributed by atoms with Crippen LogP contribution in [0.5, 0.6) is 0 Å². The predicted molar refractivity (Wildman–Crippen MR) is 139 cm³/mol. The van der Waals surface area contributed by atoms with Gasteiger partial charge in [-0.3, -0.25) is 19.2 Å². The van der Waals surface area contributed by atoms with Gasteiger partial charge in [-0.05, 0) is 76.6 Å². The number of carbonyl (C=O) groups is 4. The molecular formula is C30H36O8. The van der Waals surface area contributed by atoms with Crippen molar-refractivity contribution in [2.24, 2.45) is 11.8 Å². The molecule has 0 radical (unpaired) electrons. The van der Waals surface area contributed by atoms with E-state index in [4.69, 9.17) is 9.47 Å². The molecule has 0 bridgehead atoms. The van der Waals surface area contributed by atoms with Crippen LogP contribution in [-0.2, 0) is 32.3 Å². The summed E-state index contributed by atoms with van der Waals surface area (Å²) >= 11 is 0. The zero-order valence-corrected chi connectivity index (χ0v) is 22.4. The summed E-state index contributed by atoms with van der Waals surface area (Å²) in [7, 11) is 0. The molecule has 1 fully saturated rings. The summed E-state index contributed by atoms with van der Waals surface area (Å²) in [6, 6.07) is 13.3. The summed E-state index contributed by atoms with van der Waals surface area (Å²) in [5.74, 6) is -2.14. The van der Waals surface area contributed by atoms with Crippen LogP contribution in [0.2, 0.25) is 0 Å². The van der Waals surface area contributed by atoms with Gasteiger partial charge in [0.15, 0.2) is 11.6 Å². The lowest BCUT2D eigenvalue weighted by Crippen LogP contribution is -2.31.